The highest BCUT2D eigenvalue weighted by Crippen LogP contribution is 2.15. The number of amides is 1. The minimum absolute atomic E-state index is 0.233. The predicted molar refractivity (Wildman–Crippen MR) is 68.5 cm³/mol. The van der Waals surface area contributed by atoms with Gasteiger partial charge in [0.2, 0.25) is 0 Å². The number of nitrogen functional groups attached to an aromatic ring is 2. The highest BCUT2D eigenvalue weighted by atomic mass is 16.3. The second-order valence-corrected chi connectivity index (χ2v) is 4.00. The van der Waals surface area contributed by atoms with Crippen molar-refractivity contribution < 1.29 is 9.90 Å². The number of aliphatic hydroxyl groups excluding tert-OH is 1. The zero-order valence-corrected chi connectivity index (χ0v) is 9.94. The largest absolute Gasteiger partial charge is 0.399 e. The van der Waals surface area contributed by atoms with Gasteiger partial charge in [-0.3, -0.25) is 4.79 Å². The van der Waals surface area contributed by atoms with E-state index in [1.165, 1.54) is 6.07 Å². The van der Waals surface area contributed by atoms with E-state index in [9.17, 15) is 9.90 Å². The Balaban J connectivity index is 2.58. The molecule has 0 bridgehead atoms. The van der Waals surface area contributed by atoms with Crippen molar-refractivity contribution in [2.24, 2.45) is 0 Å². The lowest BCUT2D eigenvalue weighted by Crippen LogP contribution is -2.32. The number of carbonyl (C=O) groups excluding carboxylic acids is 1. The molecule has 1 atom stereocenters. The Morgan fingerprint density at radius 3 is 2.76 bits per heavy atom. The predicted octanol–water partition coefficient (Wildman–Crippen LogP) is 0.742. The smallest absolute Gasteiger partial charge is 0.253 e. The first-order chi connectivity index (χ1) is 8.04. The van der Waals surface area contributed by atoms with Gasteiger partial charge in [0.25, 0.3) is 5.91 Å². The molecule has 1 amide bonds. The second kappa shape index (κ2) is 6.10. The van der Waals surface area contributed by atoms with Crippen LogP contribution in [0.3, 0.4) is 0 Å². The van der Waals surface area contributed by atoms with Crippen molar-refractivity contribution in [3.63, 3.8) is 0 Å². The summed E-state index contributed by atoms with van der Waals surface area (Å²) in [5.41, 5.74) is 12.5. The normalized spacial score (nSPS) is 12.1. The van der Waals surface area contributed by atoms with Crippen LogP contribution in [0.2, 0.25) is 0 Å². The number of carbonyl (C=O) groups is 1. The zero-order chi connectivity index (χ0) is 12.8. The maximum atomic E-state index is 11.7. The van der Waals surface area contributed by atoms with Crippen molar-refractivity contribution in [1.82, 2.24) is 5.32 Å². The topological polar surface area (TPSA) is 101 Å². The van der Waals surface area contributed by atoms with Crippen LogP contribution >= 0.6 is 0 Å². The Hall–Kier alpha value is -1.75. The van der Waals surface area contributed by atoms with Crippen LogP contribution < -0.4 is 16.8 Å². The molecule has 0 spiro atoms. The molecule has 0 aliphatic heterocycles. The third-order valence-electron chi connectivity index (χ3n) is 2.44. The monoisotopic (exact) mass is 237 g/mol. The molecule has 0 aromatic heterocycles. The Kier molecular flexibility index (Phi) is 4.78. The molecule has 17 heavy (non-hydrogen) atoms. The molecule has 0 radical (unpaired) electrons. The van der Waals surface area contributed by atoms with Gasteiger partial charge in [-0.1, -0.05) is 13.3 Å². The fourth-order valence-corrected chi connectivity index (χ4v) is 1.53. The molecule has 6 N–H and O–H groups in total. The van der Waals surface area contributed by atoms with Crippen LogP contribution in [0.1, 0.15) is 30.1 Å². The fraction of sp³-hybridized carbons (Fsp3) is 0.417. The van der Waals surface area contributed by atoms with Gasteiger partial charge in [-0.15, -0.1) is 0 Å². The molecular formula is C12H19N3O2. The first-order valence-electron chi connectivity index (χ1n) is 5.65. The Labute approximate surface area is 101 Å². The molecule has 0 saturated heterocycles. The van der Waals surface area contributed by atoms with Crippen LogP contribution in [0.25, 0.3) is 0 Å². The molecule has 1 unspecified atom stereocenters. The van der Waals surface area contributed by atoms with Crippen molar-refractivity contribution in [2.45, 2.75) is 25.9 Å². The van der Waals surface area contributed by atoms with E-state index in [-0.39, 0.29) is 12.5 Å². The van der Waals surface area contributed by atoms with Crippen LogP contribution in [-0.2, 0) is 0 Å². The molecule has 5 heteroatoms. The fourth-order valence-electron chi connectivity index (χ4n) is 1.53. The number of nitrogens with two attached hydrogens (primary N) is 2. The molecule has 0 saturated carbocycles. The summed E-state index contributed by atoms with van der Waals surface area (Å²) < 4.78 is 0. The zero-order valence-electron chi connectivity index (χ0n) is 9.94. The number of aliphatic hydroxyl groups is 1. The maximum Gasteiger partial charge on any atom is 0.253 e. The standard InChI is InChI=1S/C12H19N3O2/c1-2-3-9(16)7-15-12(17)10-5-4-8(13)6-11(10)14/h4-6,9,16H,2-3,7,13-14H2,1H3,(H,15,17). The summed E-state index contributed by atoms with van der Waals surface area (Å²) in [6.07, 6.45) is 1.03. The number of hydrogen-bond donors (Lipinski definition) is 4. The summed E-state index contributed by atoms with van der Waals surface area (Å²) >= 11 is 0. The first-order valence-corrected chi connectivity index (χ1v) is 5.65. The van der Waals surface area contributed by atoms with Gasteiger partial charge in [0, 0.05) is 17.9 Å². The molecule has 1 aromatic carbocycles. The third-order valence-corrected chi connectivity index (χ3v) is 2.44. The van der Waals surface area contributed by atoms with Gasteiger partial charge < -0.3 is 21.9 Å². The Bertz CT molecular complexity index is 393. The lowest BCUT2D eigenvalue weighted by molar-refractivity contribution is 0.0911. The van der Waals surface area contributed by atoms with Gasteiger partial charge in [-0.25, -0.2) is 0 Å². The number of anilines is 2. The Morgan fingerprint density at radius 2 is 2.18 bits per heavy atom. The summed E-state index contributed by atoms with van der Waals surface area (Å²) in [7, 11) is 0. The SMILES string of the molecule is CCCC(O)CNC(=O)c1ccc(N)cc1N. The third kappa shape index (κ3) is 3.96. The molecular weight excluding hydrogens is 218 g/mol. The lowest BCUT2D eigenvalue weighted by Gasteiger charge is -2.11. The van der Waals surface area contributed by atoms with Crippen LogP contribution in [-0.4, -0.2) is 23.7 Å². The van der Waals surface area contributed by atoms with Crippen molar-refractivity contribution in [1.29, 1.82) is 0 Å². The highest BCUT2D eigenvalue weighted by molar-refractivity contribution is 5.99. The molecule has 0 fully saturated rings. The first kappa shape index (κ1) is 13.3. The molecule has 0 aliphatic rings. The van der Waals surface area contributed by atoms with Gasteiger partial charge in [0.15, 0.2) is 0 Å². The van der Waals surface area contributed by atoms with Gasteiger partial charge in [-0.05, 0) is 24.6 Å². The summed E-state index contributed by atoms with van der Waals surface area (Å²) in [6.45, 7) is 2.21. The van der Waals surface area contributed by atoms with E-state index in [4.69, 9.17) is 11.5 Å². The van der Waals surface area contributed by atoms with Crippen molar-refractivity contribution in [3.05, 3.63) is 23.8 Å². The second-order valence-electron chi connectivity index (χ2n) is 4.00. The van der Waals surface area contributed by atoms with Gasteiger partial charge in [0.1, 0.15) is 0 Å². The number of rotatable bonds is 5. The quantitative estimate of drug-likeness (QED) is 0.567. The van der Waals surface area contributed by atoms with Gasteiger partial charge in [0.05, 0.1) is 11.7 Å². The van der Waals surface area contributed by atoms with Gasteiger partial charge >= 0.3 is 0 Å². The van der Waals surface area contributed by atoms with E-state index < -0.39 is 6.10 Å². The van der Waals surface area contributed by atoms with Crippen LogP contribution in [0.15, 0.2) is 18.2 Å². The molecule has 1 rings (SSSR count). The average molecular weight is 237 g/mol. The van der Waals surface area contributed by atoms with E-state index in [0.29, 0.717) is 23.4 Å². The average Bonchev–Trinajstić information content (AvgIpc) is 2.26. The minimum Gasteiger partial charge on any atom is -0.399 e. The van der Waals surface area contributed by atoms with E-state index in [2.05, 4.69) is 5.32 Å². The Morgan fingerprint density at radius 1 is 1.47 bits per heavy atom. The van der Waals surface area contributed by atoms with Crippen LogP contribution in [0.5, 0.6) is 0 Å². The van der Waals surface area contributed by atoms with Crippen LogP contribution in [0, 0.1) is 0 Å². The number of benzene rings is 1. The number of nitrogens with one attached hydrogen (secondary N) is 1. The van der Waals surface area contributed by atoms with E-state index >= 15 is 0 Å². The molecule has 1 aromatic rings. The molecule has 94 valence electrons. The summed E-state index contributed by atoms with van der Waals surface area (Å²) in [4.78, 5) is 11.7. The summed E-state index contributed by atoms with van der Waals surface area (Å²) in [6, 6.07) is 4.73. The molecule has 0 aliphatic carbocycles. The van der Waals surface area contributed by atoms with E-state index in [1.54, 1.807) is 12.1 Å². The van der Waals surface area contributed by atoms with E-state index in [1.807, 2.05) is 6.92 Å². The summed E-state index contributed by atoms with van der Waals surface area (Å²) in [5, 5.41) is 12.1. The summed E-state index contributed by atoms with van der Waals surface area (Å²) in [5.74, 6) is -0.294. The minimum atomic E-state index is -0.515. The highest BCUT2D eigenvalue weighted by Gasteiger charge is 2.11. The molecule has 5 nitrogen and oxygen atoms in total. The maximum absolute atomic E-state index is 11.7. The lowest BCUT2D eigenvalue weighted by atomic mass is 10.1. The van der Waals surface area contributed by atoms with Crippen molar-refractivity contribution in [3.8, 4) is 0 Å². The molecule has 0 heterocycles. The number of hydrogen-bond acceptors (Lipinski definition) is 4. The van der Waals surface area contributed by atoms with Crippen molar-refractivity contribution >= 4 is 17.3 Å². The van der Waals surface area contributed by atoms with Crippen LogP contribution in [0.4, 0.5) is 11.4 Å². The van der Waals surface area contributed by atoms with Gasteiger partial charge in [-0.2, -0.15) is 0 Å². The van der Waals surface area contributed by atoms with E-state index in [0.717, 1.165) is 6.42 Å². The van der Waals surface area contributed by atoms with Crippen molar-refractivity contribution in [2.75, 3.05) is 18.0 Å².